The van der Waals surface area contributed by atoms with Gasteiger partial charge in [0.25, 0.3) is 0 Å². The molecule has 0 aromatic heterocycles. The summed E-state index contributed by atoms with van der Waals surface area (Å²) < 4.78 is 5.59. The number of esters is 1. The summed E-state index contributed by atoms with van der Waals surface area (Å²) in [6.45, 7) is 4.46. The van der Waals surface area contributed by atoms with Crippen molar-refractivity contribution in [1.29, 1.82) is 0 Å². The Morgan fingerprint density at radius 2 is 1.06 bits per heavy atom. The maximum atomic E-state index is 12.6. The molecule has 2 heteroatoms. The fourth-order valence-corrected chi connectivity index (χ4v) is 4.04. The molecule has 0 unspecified atom stereocenters. The van der Waals surface area contributed by atoms with E-state index in [-0.39, 0.29) is 5.97 Å². The maximum absolute atomic E-state index is 12.6. The second-order valence-corrected chi connectivity index (χ2v) is 8.93. The fraction of sp³-hybridized carbons (Fsp3) is 0.387. The van der Waals surface area contributed by atoms with Crippen LogP contribution in [0.15, 0.2) is 72.8 Å². The Bertz CT molecular complexity index is 953. The van der Waals surface area contributed by atoms with Crippen molar-refractivity contribution in [3.8, 4) is 16.9 Å². The molecular formula is C31H38O2. The molecule has 0 radical (unpaired) electrons. The third kappa shape index (κ3) is 8.20. The molecule has 0 amide bonds. The Labute approximate surface area is 200 Å². The van der Waals surface area contributed by atoms with Crippen molar-refractivity contribution >= 4 is 5.97 Å². The third-order valence-electron chi connectivity index (χ3n) is 6.18. The predicted octanol–water partition coefficient (Wildman–Crippen LogP) is 8.82. The highest BCUT2D eigenvalue weighted by Gasteiger charge is 2.09. The molecule has 0 saturated heterocycles. The van der Waals surface area contributed by atoms with Crippen LogP contribution in [-0.4, -0.2) is 5.97 Å². The van der Waals surface area contributed by atoms with Crippen LogP contribution in [0.25, 0.3) is 11.1 Å². The van der Waals surface area contributed by atoms with Gasteiger partial charge in [0.2, 0.25) is 0 Å². The van der Waals surface area contributed by atoms with Gasteiger partial charge in [0, 0.05) is 0 Å². The molecule has 3 aromatic carbocycles. The maximum Gasteiger partial charge on any atom is 0.343 e. The Morgan fingerprint density at radius 1 is 0.576 bits per heavy atom. The third-order valence-corrected chi connectivity index (χ3v) is 6.18. The number of hydrogen-bond acceptors (Lipinski definition) is 2. The Balaban J connectivity index is 1.49. The van der Waals surface area contributed by atoms with Crippen molar-refractivity contribution in [2.24, 2.45) is 0 Å². The van der Waals surface area contributed by atoms with Crippen LogP contribution in [0.1, 0.15) is 86.7 Å². The topological polar surface area (TPSA) is 26.3 Å². The first-order valence-corrected chi connectivity index (χ1v) is 12.7. The normalized spacial score (nSPS) is 10.8. The highest BCUT2D eigenvalue weighted by molar-refractivity contribution is 5.91. The monoisotopic (exact) mass is 442 g/mol. The van der Waals surface area contributed by atoms with E-state index in [0.717, 1.165) is 24.0 Å². The summed E-state index contributed by atoms with van der Waals surface area (Å²) in [5, 5.41) is 0. The largest absolute Gasteiger partial charge is 0.423 e. The zero-order chi connectivity index (χ0) is 23.3. The zero-order valence-corrected chi connectivity index (χ0v) is 20.3. The molecule has 0 spiro atoms. The van der Waals surface area contributed by atoms with Gasteiger partial charge in [-0.3, -0.25) is 0 Å². The number of ether oxygens (including phenoxy) is 1. The van der Waals surface area contributed by atoms with Crippen LogP contribution in [0.2, 0.25) is 0 Å². The molecule has 0 heterocycles. The molecular weight excluding hydrogens is 404 g/mol. The molecule has 3 aromatic rings. The number of unbranched alkanes of at least 4 members (excludes halogenated alkanes) is 6. The smallest absolute Gasteiger partial charge is 0.343 e. The van der Waals surface area contributed by atoms with Gasteiger partial charge in [-0.1, -0.05) is 101 Å². The Hall–Kier alpha value is -2.87. The van der Waals surface area contributed by atoms with E-state index in [1.165, 1.54) is 62.5 Å². The van der Waals surface area contributed by atoms with Gasteiger partial charge in [-0.2, -0.15) is 0 Å². The molecule has 0 N–H and O–H groups in total. The fourth-order valence-electron chi connectivity index (χ4n) is 4.04. The number of carbonyl (C=O) groups is 1. The van der Waals surface area contributed by atoms with Crippen LogP contribution in [0.3, 0.4) is 0 Å². The van der Waals surface area contributed by atoms with E-state index in [9.17, 15) is 4.79 Å². The van der Waals surface area contributed by atoms with Crippen molar-refractivity contribution in [2.45, 2.75) is 78.1 Å². The number of rotatable bonds is 13. The SMILES string of the molecule is CCCCCCCCc1ccc(OC(=O)c2ccc(-c3ccc(CCCC)cc3)cc2)cc1. The molecule has 0 aliphatic carbocycles. The Kier molecular flexibility index (Phi) is 10.2. The van der Waals surface area contributed by atoms with Crippen molar-refractivity contribution in [3.63, 3.8) is 0 Å². The number of carbonyl (C=O) groups excluding carboxylic acids is 1. The predicted molar refractivity (Wildman–Crippen MR) is 139 cm³/mol. The summed E-state index contributed by atoms with van der Waals surface area (Å²) in [4.78, 5) is 12.6. The lowest BCUT2D eigenvalue weighted by Crippen LogP contribution is -2.08. The minimum absolute atomic E-state index is 0.319. The van der Waals surface area contributed by atoms with Crippen LogP contribution in [0, 0.1) is 0 Å². The molecule has 3 rings (SSSR count). The Morgan fingerprint density at radius 3 is 1.67 bits per heavy atom. The molecule has 0 aliphatic heterocycles. The van der Waals surface area contributed by atoms with Gasteiger partial charge in [-0.25, -0.2) is 4.79 Å². The van der Waals surface area contributed by atoms with Crippen molar-refractivity contribution in [3.05, 3.63) is 89.5 Å². The first-order chi connectivity index (χ1) is 16.2. The zero-order valence-electron chi connectivity index (χ0n) is 20.3. The van der Waals surface area contributed by atoms with E-state index in [4.69, 9.17) is 4.74 Å². The summed E-state index contributed by atoms with van der Waals surface area (Å²) in [5.74, 6) is 0.276. The lowest BCUT2D eigenvalue weighted by molar-refractivity contribution is 0.0734. The molecule has 0 fully saturated rings. The van der Waals surface area contributed by atoms with Gasteiger partial charge in [0.05, 0.1) is 5.56 Å². The quantitative estimate of drug-likeness (QED) is 0.150. The average Bonchev–Trinajstić information content (AvgIpc) is 2.86. The van der Waals surface area contributed by atoms with Gasteiger partial charge >= 0.3 is 5.97 Å². The summed E-state index contributed by atoms with van der Waals surface area (Å²) in [6.07, 6.45) is 12.5. The van der Waals surface area contributed by atoms with E-state index in [1.54, 1.807) is 0 Å². The van der Waals surface area contributed by atoms with E-state index in [0.29, 0.717) is 11.3 Å². The van der Waals surface area contributed by atoms with Crippen molar-refractivity contribution in [1.82, 2.24) is 0 Å². The van der Waals surface area contributed by atoms with Gasteiger partial charge in [0.15, 0.2) is 0 Å². The van der Waals surface area contributed by atoms with E-state index < -0.39 is 0 Å². The van der Waals surface area contributed by atoms with Crippen LogP contribution < -0.4 is 4.74 Å². The van der Waals surface area contributed by atoms with Crippen LogP contribution in [-0.2, 0) is 12.8 Å². The van der Waals surface area contributed by atoms with E-state index >= 15 is 0 Å². The van der Waals surface area contributed by atoms with Crippen LogP contribution in [0.4, 0.5) is 0 Å². The van der Waals surface area contributed by atoms with Crippen molar-refractivity contribution in [2.75, 3.05) is 0 Å². The minimum Gasteiger partial charge on any atom is -0.423 e. The molecule has 0 bridgehead atoms. The molecule has 2 nitrogen and oxygen atoms in total. The first-order valence-electron chi connectivity index (χ1n) is 12.7. The lowest BCUT2D eigenvalue weighted by atomic mass is 10.0. The summed E-state index contributed by atoms with van der Waals surface area (Å²) in [6, 6.07) is 24.3. The molecule has 174 valence electrons. The summed E-state index contributed by atoms with van der Waals surface area (Å²) >= 11 is 0. The molecule has 0 saturated carbocycles. The van der Waals surface area contributed by atoms with E-state index in [1.807, 2.05) is 36.4 Å². The first kappa shape index (κ1) is 24.8. The van der Waals surface area contributed by atoms with E-state index in [2.05, 4.69) is 50.2 Å². The second-order valence-electron chi connectivity index (χ2n) is 8.93. The molecule has 33 heavy (non-hydrogen) atoms. The molecule has 0 aliphatic rings. The highest BCUT2D eigenvalue weighted by Crippen LogP contribution is 2.22. The van der Waals surface area contributed by atoms with Gasteiger partial charge in [-0.05, 0) is 72.2 Å². The van der Waals surface area contributed by atoms with Crippen LogP contribution >= 0.6 is 0 Å². The average molecular weight is 443 g/mol. The number of hydrogen-bond donors (Lipinski definition) is 0. The van der Waals surface area contributed by atoms with Gasteiger partial charge in [0.1, 0.15) is 5.75 Å². The standard InChI is InChI=1S/C31H38O2/c1-3-5-7-8-9-10-12-26-15-23-30(24-16-26)33-31(32)29-21-19-28(20-22-29)27-17-13-25(14-18-27)11-6-4-2/h13-24H,3-12H2,1-2H3. The second kappa shape index (κ2) is 13.6. The van der Waals surface area contributed by atoms with Crippen LogP contribution in [0.5, 0.6) is 5.75 Å². The van der Waals surface area contributed by atoms with Gasteiger partial charge < -0.3 is 4.74 Å². The number of benzene rings is 3. The highest BCUT2D eigenvalue weighted by atomic mass is 16.5. The van der Waals surface area contributed by atoms with Crippen molar-refractivity contribution < 1.29 is 9.53 Å². The summed E-state index contributed by atoms with van der Waals surface area (Å²) in [7, 11) is 0. The minimum atomic E-state index is -0.319. The lowest BCUT2D eigenvalue weighted by Gasteiger charge is -2.08. The number of aryl methyl sites for hydroxylation is 2. The molecule has 0 atom stereocenters. The van der Waals surface area contributed by atoms with Gasteiger partial charge in [-0.15, -0.1) is 0 Å². The summed E-state index contributed by atoms with van der Waals surface area (Å²) in [5.41, 5.74) is 5.51.